The summed E-state index contributed by atoms with van der Waals surface area (Å²) in [6, 6.07) is -0.808. The molecule has 3 unspecified atom stereocenters. The summed E-state index contributed by atoms with van der Waals surface area (Å²) in [4.78, 5) is 25.3. The van der Waals surface area contributed by atoms with Gasteiger partial charge in [-0.15, -0.1) is 0 Å². The van der Waals surface area contributed by atoms with E-state index < -0.39 is 20.0 Å². The van der Waals surface area contributed by atoms with Crippen molar-refractivity contribution in [1.82, 2.24) is 5.32 Å². The van der Waals surface area contributed by atoms with Gasteiger partial charge in [0.05, 0.1) is 39.9 Å². The Bertz CT molecular complexity index is 1440. The number of likely N-dealkylation sites (N-methyl/N-ethyl adjacent to an activating group) is 1. The number of carbonyl (C=O) groups is 1. The molecule has 378 valence electrons. The molecule has 0 saturated heterocycles. The van der Waals surface area contributed by atoms with Crippen molar-refractivity contribution in [3.05, 3.63) is 109 Å². The Morgan fingerprint density at radius 2 is 0.924 bits per heavy atom. The van der Waals surface area contributed by atoms with Crippen LogP contribution in [0.2, 0.25) is 0 Å². The molecule has 0 aliphatic rings. The molecule has 0 radical (unpaired) electrons. The lowest BCUT2D eigenvalue weighted by Crippen LogP contribution is -2.46. The number of aliphatic hydroxyl groups excluding tert-OH is 1. The van der Waals surface area contributed by atoms with Crippen molar-refractivity contribution in [2.24, 2.45) is 0 Å². The molecule has 0 spiro atoms. The second kappa shape index (κ2) is 47.2. The Hall–Kier alpha value is -2.84. The SMILES string of the molecule is CC/C=C\C/C=C\C/C=C\C/C=C\C/C=C\C/C=C\C/C=C\C/C=C\C/C=C\CCCCCCCCCCCC(=O)NC(COP(=O)([O-])OCC[N+](C)(C)C)C(O)CCCCCCCCC. The number of allylic oxidation sites excluding steroid dienone is 18. The van der Waals surface area contributed by atoms with Gasteiger partial charge in [-0.3, -0.25) is 9.36 Å². The van der Waals surface area contributed by atoms with Gasteiger partial charge in [-0.1, -0.05) is 213 Å². The zero-order valence-electron chi connectivity index (χ0n) is 42.9. The van der Waals surface area contributed by atoms with Crippen LogP contribution in [0.5, 0.6) is 0 Å². The average molecular weight is 939 g/mol. The van der Waals surface area contributed by atoms with E-state index in [1.54, 1.807) is 0 Å². The summed E-state index contributed by atoms with van der Waals surface area (Å²) in [5.41, 5.74) is 0. The lowest BCUT2D eigenvalue weighted by molar-refractivity contribution is -0.870. The highest BCUT2D eigenvalue weighted by Crippen LogP contribution is 2.38. The highest BCUT2D eigenvalue weighted by atomic mass is 31.2. The molecule has 0 aromatic carbocycles. The standard InChI is InChI=1S/C57H99N2O6P/c1-6-8-10-12-14-15-16-17-18-19-20-21-22-23-24-25-26-27-28-29-30-31-32-33-34-35-36-37-38-39-40-41-42-43-45-47-49-51-57(61)58-55(56(60)50-48-46-44-13-11-9-7-2)54-65-66(62,63)64-53-52-59(3,4)5/h8,10,14-15,17-18,20-21,23-24,26-27,29-30,32-33,35-36,55-56,60H,6-7,9,11-13,16,19,22,25,28,31,34,37-54H2,1-5H3,(H-,58,61,62,63)/b10-8-,15-14-,18-17-,21-20-,24-23-,27-26-,30-29-,33-32-,36-35-. The molecular weight excluding hydrogens is 840 g/mol. The second-order valence-electron chi connectivity index (χ2n) is 18.5. The van der Waals surface area contributed by atoms with Gasteiger partial charge >= 0.3 is 0 Å². The Morgan fingerprint density at radius 1 is 0.545 bits per heavy atom. The molecule has 3 atom stereocenters. The number of quaternary nitrogens is 1. The van der Waals surface area contributed by atoms with E-state index in [1.165, 1.54) is 64.2 Å². The van der Waals surface area contributed by atoms with E-state index in [0.29, 0.717) is 23.9 Å². The minimum absolute atomic E-state index is 0.00526. The molecule has 0 bridgehead atoms. The summed E-state index contributed by atoms with van der Waals surface area (Å²) in [6.45, 7) is 4.53. The molecule has 0 fully saturated rings. The number of nitrogens with zero attached hydrogens (tertiary/aromatic N) is 1. The number of hydrogen-bond acceptors (Lipinski definition) is 6. The Balaban J connectivity index is 4.01. The predicted octanol–water partition coefficient (Wildman–Crippen LogP) is 15.0. The average Bonchev–Trinajstić information content (AvgIpc) is 3.28. The first-order valence-corrected chi connectivity index (χ1v) is 27.7. The molecular formula is C57H99N2O6P. The number of unbranched alkanes of at least 4 members (excludes halogenated alkanes) is 15. The molecule has 0 aromatic rings. The lowest BCUT2D eigenvalue weighted by atomic mass is 10.0. The molecule has 9 heteroatoms. The maximum absolute atomic E-state index is 12.9. The van der Waals surface area contributed by atoms with E-state index in [0.717, 1.165) is 103 Å². The zero-order valence-corrected chi connectivity index (χ0v) is 43.7. The second-order valence-corrected chi connectivity index (χ2v) is 19.9. The number of nitrogens with one attached hydrogen (secondary N) is 1. The Labute approximate surface area is 406 Å². The molecule has 2 N–H and O–H groups in total. The zero-order chi connectivity index (χ0) is 48.5. The van der Waals surface area contributed by atoms with Gasteiger partial charge in [-0.25, -0.2) is 0 Å². The normalized spacial score (nSPS) is 15.0. The molecule has 0 aromatic heterocycles. The summed E-state index contributed by atoms with van der Waals surface area (Å²) in [7, 11) is 1.28. The predicted molar refractivity (Wildman–Crippen MR) is 283 cm³/mol. The third kappa shape index (κ3) is 49.1. The van der Waals surface area contributed by atoms with Crippen molar-refractivity contribution in [2.45, 2.75) is 206 Å². The number of amides is 1. The summed E-state index contributed by atoms with van der Waals surface area (Å²) in [5.74, 6) is -0.181. The first-order valence-electron chi connectivity index (χ1n) is 26.2. The van der Waals surface area contributed by atoms with Gasteiger partial charge < -0.3 is 28.8 Å². The molecule has 0 heterocycles. The van der Waals surface area contributed by atoms with Gasteiger partial charge in [0.15, 0.2) is 0 Å². The minimum atomic E-state index is -4.56. The maximum atomic E-state index is 12.9. The van der Waals surface area contributed by atoms with Crippen molar-refractivity contribution in [2.75, 3.05) is 40.9 Å². The van der Waals surface area contributed by atoms with Crippen LogP contribution in [0.4, 0.5) is 0 Å². The minimum Gasteiger partial charge on any atom is -0.756 e. The van der Waals surface area contributed by atoms with E-state index in [4.69, 9.17) is 9.05 Å². The van der Waals surface area contributed by atoms with Gasteiger partial charge in [0.1, 0.15) is 13.2 Å². The summed E-state index contributed by atoms with van der Waals surface area (Å²) < 4.78 is 23.2. The quantitative estimate of drug-likeness (QED) is 0.0272. The third-order valence-electron chi connectivity index (χ3n) is 11.0. The Kier molecular flexibility index (Phi) is 45.2. The number of carbonyl (C=O) groups excluding carboxylic acids is 1. The van der Waals surface area contributed by atoms with Crippen LogP contribution in [-0.2, 0) is 18.4 Å². The smallest absolute Gasteiger partial charge is 0.268 e. The monoisotopic (exact) mass is 939 g/mol. The Morgan fingerprint density at radius 3 is 1.35 bits per heavy atom. The van der Waals surface area contributed by atoms with E-state index in [9.17, 15) is 19.4 Å². The number of phosphoric acid groups is 1. The van der Waals surface area contributed by atoms with Crippen LogP contribution < -0.4 is 10.2 Å². The van der Waals surface area contributed by atoms with Crippen LogP contribution in [-0.4, -0.2) is 68.5 Å². The van der Waals surface area contributed by atoms with Crippen molar-refractivity contribution in [3.8, 4) is 0 Å². The summed E-state index contributed by atoms with van der Waals surface area (Å²) >= 11 is 0. The van der Waals surface area contributed by atoms with Crippen LogP contribution in [0.15, 0.2) is 109 Å². The molecule has 0 aliphatic carbocycles. The van der Waals surface area contributed by atoms with Crippen molar-refractivity contribution >= 4 is 13.7 Å². The van der Waals surface area contributed by atoms with Gasteiger partial charge in [0, 0.05) is 6.42 Å². The fraction of sp³-hybridized carbons (Fsp3) is 0.667. The first-order chi connectivity index (χ1) is 32.0. The van der Waals surface area contributed by atoms with Crippen LogP contribution in [0.3, 0.4) is 0 Å². The number of phosphoric ester groups is 1. The molecule has 1 amide bonds. The topological polar surface area (TPSA) is 108 Å². The van der Waals surface area contributed by atoms with Crippen LogP contribution >= 0.6 is 7.82 Å². The number of rotatable bonds is 46. The van der Waals surface area contributed by atoms with Crippen LogP contribution in [0.1, 0.15) is 194 Å². The van der Waals surface area contributed by atoms with Crippen LogP contribution in [0.25, 0.3) is 0 Å². The maximum Gasteiger partial charge on any atom is 0.268 e. The fourth-order valence-corrected chi connectivity index (χ4v) is 7.64. The van der Waals surface area contributed by atoms with Crippen LogP contribution in [0, 0.1) is 0 Å². The number of aliphatic hydroxyl groups is 1. The van der Waals surface area contributed by atoms with Crippen molar-refractivity contribution in [3.63, 3.8) is 0 Å². The van der Waals surface area contributed by atoms with E-state index >= 15 is 0 Å². The summed E-state index contributed by atoms with van der Waals surface area (Å²) in [5, 5.41) is 13.8. The van der Waals surface area contributed by atoms with E-state index in [2.05, 4.69) is 129 Å². The molecule has 0 saturated carbocycles. The van der Waals surface area contributed by atoms with Gasteiger partial charge in [0.2, 0.25) is 5.91 Å². The lowest BCUT2D eigenvalue weighted by Gasteiger charge is -2.30. The highest BCUT2D eigenvalue weighted by molar-refractivity contribution is 7.45. The van der Waals surface area contributed by atoms with E-state index in [-0.39, 0.29) is 19.1 Å². The van der Waals surface area contributed by atoms with E-state index in [1.807, 2.05) is 21.1 Å². The summed E-state index contributed by atoms with van der Waals surface area (Å²) in [6.07, 6.45) is 68.6. The fourth-order valence-electron chi connectivity index (χ4n) is 6.91. The van der Waals surface area contributed by atoms with Crippen molar-refractivity contribution < 1.29 is 32.9 Å². The molecule has 66 heavy (non-hydrogen) atoms. The molecule has 8 nitrogen and oxygen atoms in total. The van der Waals surface area contributed by atoms with Gasteiger partial charge in [-0.2, -0.15) is 0 Å². The first kappa shape index (κ1) is 63.2. The van der Waals surface area contributed by atoms with Gasteiger partial charge in [-0.05, 0) is 83.5 Å². The largest absolute Gasteiger partial charge is 0.756 e. The highest BCUT2D eigenvalue weighted by Gasteiger charge is 2.24. The molecule has 0 rings (SSSR count). The number of hydrogen-bond donors (Lipinski definition) is 2. The molecule has 0 aliphatic heterocycles. The van der Waals surface area contributed by atoms with Gasteiger partial charge in [0.25, 0.3) is 7.82 Å². The third-order valence-corrected chi connectivity index (χ3v) is 12.0. The van der Waals surface area contributed by atoms with Crippen molar-refractivity contribution in [1.29, 1.82) is 0 Å².